The molecule has 21 heavy (non-hydrogen) atoms. The molecule has 0 aliphatic carbocycles. The van der Waals surface area contributed by atoms with E-state index in [0.29, 0.717) is 22.6 Å². The molecule has 1 N–H and O–H groups in total. The highest BCUT2D eigenvalue weighted by molar-refractivity contribution is 5.96. The van der Waals surface area contributed by atoms with Crippen molar-refractivity contribution in [2.75, 3.05) is 7.11 Å². The van der Waals surface area contributed by atoms with Crippen molar-refractivity contribution in [2.45, 2.75) is 6.92 Å². The fraction of sp³-hybridized carbons (Fsp3) is 0.133. The third kappa shape index (κ3) is 3.56. The molecule has 0 aliphatic heterocycles. The Bertz CT molecular complexity index is 688. The zero-order valence-corrected chi connectivity index (χ0v) is 11.6. The first-order valence-electron chi connectivity index (χ1n) is 6.19. The Labute approximate surface area is 121 Å². The van der Waals surface area contributed by atoms with Crippen LogP contribution in [0.2, 0.25) is 0 Å². The predicted octanol–water partition coefficient (Wildman–Crippen LogP) is 2.20. The topological polar surface area (TPSA) is 80.9 Å². The van der Waals surface area contributed by atoms with Crippen molar-refractivity contribution < 1.29 is 18.7 Å². The molecule has 0 saturated heterocycles. The predicted molar refractivity (Wildman–Crippen MR) is 76.9 cm³/mol. The van der Waals surface area contributed by atoms with Gasteiger partial charge in [-0.2, -0.15) is 5.10 Å². The molecule has 1 aromatic heterocycles. The molecule has 0 atom stereocenters. The van der Waals surface area contributed by atoms with Crippen LogP contribution in [0.15, 0.2) is 45.9 Å². The fourth-order valence-corrected chi connectivity index (χ4v) is 1.74. The maximum absolute atomic E-state index is 11.7. The number of amides is 1. The minimum absolute atomic E-state index is 0.269. The molecule has 1 amide bonds. The van der Waals surface area contributed by atoms with Crippen molar-refractivity contribution in [1.29, 1.82) is 0 Å². The van der Waals surface area contributed by atoms with Crippen LogP contribution in [0.25, 0.3) is 11.3 Å². The van der Waals surface area contributed by atoms with E-state index < -0.39 is 5.97 Å². The van der Waals surface area contributed by atoms with Crippen LogP contribution >= 0.6 is 0 Å². The van der Waals surface area contributed by atoms with Crippen LogP contribution in [0, 0.1) is 0 Å². The molecule has 2 rings (SSSR count). The molecule has 0 spiro atoms. The molecule has 1 heterocycles. The Morgan fingerprint density at radius 1 is 1.24 bits per heavy atom. The van der Waals surface area contributed by atoms with Gasteiger partial charge in [0.05, 0.1) is 18.9 Å². The van der Waals surface area contributed by atoms with Crippen molar-refractivity contribution in [3.8, 4) is 11.3 Å². The summed E-state index contributed by atoms with van der Waals surface area (Å²) in [5, 5.41) is 3.71. The summed E-state index contributed by atoms with van der Waals surface area (Å²) in [5.74, 6) is 0.267. The first kappa shape index (κ1) is 14.5. The summed E-state index contributed by atoms with van der Waals surface area (Å²) >= 11 is 0. The van der Waals surface area contributed by atoms with Crippen molar-refractivity contribution in [2.24, 2.45) is 5.10 Å². The first-order valence-corrected chi connectivity index (χ1v) is 6.19. The number of benzene rings is 1. The minimum atomic E-state index is -0.435. The third-order valence-electron chi connectivity index (χ3n) is 2.64. The zero-order chi connectivity index (χ0) is 15.2. The second-order valence-corrected chi connectivity index (χ2v) is 4.17. The molecular weight excluding hydrogens is 272 g/mol. The SMILES string of the molecule is COC(=O)c1ccccc1-c1ccc(C=NNC(C)=O)o1. The van der Waals surface area contributed by atoms with E-state index >= 15 is 0 Å². The van der Waals surface area contributed by atoms with E-state index in [1.807, 2.05) is 0 Å². The number of nitrogens with one attached hydrogen (secondary N) is 1. The van der Waals surface area contributed by atoms with Gasteiger partial charge in [-0.15, -0.1) is 0 Å². The molecule has 0 fully saturated rings. The highest BCUT2D eigenvalue weighted by atomic mass is 16.5. The lowest BCUT2D eigenvalue weighted by Gasteiger charge is -2.04. The van der Waals surface area contributed by atoms with E-state index in [1.165, 1.54) is 20.2 Å². The molecule has 1 aromatic carbocycles. The Morgan fingerprint density at radius 3 is 2.71 bits per heavy atom. The Kier molecular flexibility index (Phi) is 4.50. The van der Waals surface area contributed by atoms with Gasteiger partial charge in [-0.3, -0.25) is 4.79 Å². The average Bonchev–Trinajstić information content (AvgIpc) is 2.95. The Hall–Kier alpha value is -2.89. The van der Waals surface area contributed by atoms with Gasteiger partial charge in [0.2, 0.25) is 5.91 Å². The summed E-state index contributed by atoms with van der Waals surface area (Å²) < 4.78 is 10.3. The van der Waals surface area contributed by atoms with E-state index in [9.17, 15) is 9.59 Å². The lowest BCUT2D eigenvalue weighted by molar-refractivity contribution is -0.118. The van der Waals surface area contributed by atoms with Crippen LogP contribution in [-0.4, -0.2) is 25.2 Å². The number of nitrogens with zero attached hydrogens (tertiary/aromatic N) is 1. The minimum Gasteiger partial charge on any atom is -0.465 e. The van der Waals surface area contributed by atoms with Crippen LogP contribution in [0.5, 0.6) is 0 Å². The van der Waals surface area contributed by atoms with Crippen LogP contribution in [-0.2, 0) is 9.53 Å². The molecule has 0 aliphatic rings. The summed E-state index contributed by atoms with van der Waals surface area (Å²) in [6.07, 6.45) is 1.38. The summed E-state index contributed by atoms with van der Waals surface area (Å²) in [7, 11) is 1.33. The van der Waals surface area contributed by atoms with Gasteiger partial charge < -0.3 is 9.15 Å². The largest absolute Gasteiger partial charge is 0.465 e. The molecule has 6 nitrogen and oxygen atoms in total. The quantitative estimate of drug-likeness (QED) is 0.531. The first-order chi connectivity index (χ1) is 10.1. The lowest BCUT2D eigenvalue weighted by atomic mass is 10.1. The van der Waals surface area contributed by atoms with Gasteiger partial charge in [0, 0.05) is 12.5 Å². The van der Waals surface area contributed by atoms with E-state index in [4.69, 9.17) is 9.15 Å². The number of carbonyl (C=O) groups is 2. The summed E-state index contributed by atoms with van der Waals surface area (Å²) in [5.41, 5.74) is 3.32. The monoisotopic (exact) mass is 286 g/mol. The van der Waals surface area contributed by atoms with Gasteiger partial charge in [0.1, 0.15) is 11.5 Å². The van der Waals surface area contributed by atoms with Gasteiger partial charge in [-0.05, 0) is 18.2 Å². The second kappa shape index (κ2) is 6.51. The smallest absolute Gasteiger partial charge is 0.338 e. The zero-order valence-electron chi connectivity index (χ0n) is 11.6. The standard InChI is InChI=1S/C15H14N2O4/c1-10(18)17-16-9-11-7-8-14(21-11)12-5-3-4-6-13(12)15(19)20-2/h3-9H,1-2H3,(H,17,18). The summed E-state index contributed by atoms with van der Waals surface area (Å²) in [6, 6.07) is 10.4. The van der Waals surface area contributed by atoms with Crippen LogP contribution < -0.4 is 5.43 Å². The number of furan rings is 1. The highest BCUT2D eigenvalue weighted by Crippen LogP contribution is 2.25. The maximum atomic E-state index is 11.7. The van der Waals surface area contributed by atoms with Crippen molar-refractivity contribution in [3.05, 3.63) is 47.7 Å². The highest BCUT2D eigenvalue weighted by Gasteiger charge is 2.14. The molecular formula is C15H14N2O4. The molecule has 0 unspecified atom stereocenters. The number of methoxy groups -OCH3 is 1. The lowest BCUT2D eigenvalue weighted by Crippen LogP contribution is -2.12. The van der Waals surface area contributed by atoms with Gasteiger partial charge in [0.15, 0.2) is 0 Å². The summed E-state index contributed by atoms with van der Waals surface area (Å²) in [4.78, 5) is 22.4. The number of rotatable bonds is 4. The number of hydrogen-bond acceptors (Lipinski definition) is 5. The van der Waals surface area contributed by atoms with Crippen LogP contribution in [0.4, 0.5) is 0 Å². The van der Waals surface area contributed by atoms with E-state index in [2.05, 4.69) is 10.5 Å². The van der Waals surface area contributed by atoms with Crippen LogP contribution in [0.3, 0.4) is 0 Å². The normalized spacial score (nSPS) is 10.6. The van der Waals surface area contributed by atoms with Gasteiger partial charge in [-0.1, -0.05) is 18.2 Å². The molecule has 0 radical (unpaired) electrons. The third-order valence-corrected chi connectivity index (χ3v) is 2.64. The fourth-order valence-electron chi connectivity index (χ4n) is 1.74. The molecule has 108 valence electrons. The van der Waals surface area contributed by atoms with Crippen molar-refractivity contribution in [3.63, 3.8) is 0 Å². The summed E-state index contributed by atoms with van der Waals surface area (Å²) in [6.45, 7) is 1.36. The van der Waals surface area contributed by atoms with E-state index in [-0.39, 0.29) is 5.91 Å². The van der Waals surface area contributed by atoms with Crippen molar-refractivity contribution >= 4 is 18.1 Å². The molecule has 6 heteroatoms. The van der Waals surface area contributed by atoms with E-state index in [1.54, 1.807) is 36.4 Å². The van der Waals surface area contributed by atoms with Gasteiger partial charge in [-0.25, -0.2) is 10.2 Å². The average molecular weight is 286 g/mol. The van der Waals surface area contributed by atoms with Gasteiger partial charge in [0.25, 0.3) is 0 Å². The number of carbonyl (C=O) groups excluding carboxylic acids is 2. The second-order valence-electron chi connectivity index (χ2n) is 4.17. The number of ether oxygens (including phenoxy) is 1. The van der Waals surface area contributed by atoms with Crippen molar-refractivity contribution in [1.82, 2.24) is 5.43 Å². The van der Waals surface area contributed by atoms with E-state index in [0.717, 1.165) is 0 Å². The molecule has 2 aromatic rings. The Balaban J connectivity index is 2.28. The molecule has 0 saturated carbocycles. The molecule has 0 bridgehead atoms. The number of hydrogen-bond donors (Lipinski definition) is 1. The van der Waals surface area contributed by atoms with Crippen LogP contribution in [0.1, 0.15) is 23.0 Å². The number of esters is 1. The Morgan fingerprint density at radius 2 is 2.00 bits per heavy atom. The number of hydrazone groups is 1. The maximum Gasteiger partial charge on any atom is 0.338 e. The van der Waals surface area contributed by atoms with Gasteiger partial charge >= 0.3 is 5.97 Å².